The molecule has 0 spiro atoms. The highest BCUT2D eigenvalue weighted by Gasteiger charge is 2.31. The highest BCUT2D eigenvalue weighted by Crippen LogP contribution is 2.33. The van der Waals surface area contributed by atoms with Gasteiger partial charge in [0.1, 0.15) is 11.8 Å². The van der Waals surface area contributed by atoms with E-state index in [-0.39, 0.29) is 5.75 Å². The Balaban J connectivity index is 2.41. The molecule has 0 bridgehead atoms. The first-order valence-electron chi connectivity index (χ1n) is 4.37. The normalized spacial score (nSPS) is 19.5. The standard InChI is InChI=1S/C10H11NO3/c1-11-8-5-7(12)3-2-6(8)4-9(11)10(13)14/h2-3,5,9,12H,4H2,1H3,(H,13,14). The average Bonchev–Trinajstić information content (AvgIpc) is 2.44. The lowest BCUT2D eigenvalue weighted by Gasteiger charge is -2.18. The van der Waals surface area contributed by atoms with Crippen LogP contribution in [0.4, 0.5) is 5.69 Å². The molecule has 0 amide bonds. The van der Waals surface area contributed by atoms with Crippen molar-refractivity contribution in [2.45, 2.75) is 12.5 Å². The number of rotatable bonds is 1. The van der Waals surface area contributed by atoms with E-state index in [1.807, 2.05) is 0 Å². The quantitative estimate of drug-likeness (QED) is 0.693. The van der Waals surface area contributed by atoms with Crippen molar-refractivity contribution in [1.29, 1.82) is 0 Å². The lowest BCUT2D eigenvalue weighted by molar-refractivity contribution is -0.138. The summed E-state index contributed by atoms with van der Waals surface area (Å²) < 4.78 is 0. The molecule has 4 nitrogen and oxygen atoms in total. The van der Waals surface area contributed by atoms with Crippen LogP contribution in [0.1, 0.15) is 5.56 Å². The molecule has 1 aromatic rings. The Kier molecular flexibility index (Phi) is 1.84. The molecule has 0 saturated heterocycles. The first-order valence-corrected chi connectivity index (χ1v) is 4.37. The Morgan fingerprint density at radius 3 is 2.93 bits per heavy atom. The van der Waals surface area contributed by atoms with Crippen LogP contribution in [0.3, 0.4) is 0 Å². The van der Waals surface area contributed by atoms with Crippen molar-refractivity contribution < 1.29 is 15.0 Å². The van der Waals surface area contributed by atoms with Crippen molar-refractivity contribution in [3.63, 3.8) is 0 Å². The molecule has 1 heterocycles. The smallest absolute Gasteiger partial charge is 0.326 e. The largest absolute Gasteiger partial charge is 0.508 e. The van der Waals surface area contributed by atoms with E-state index in [1.54, 1.807) is 30.1 Å². The molecule has 0 fully saturated rings. The summed E-state index contributed by atoms with van der Waals surface area (Å²) in [5.74, 6) is -0.662. The molecule has 2 N–H and O–H groups in total. The van der Waals surface area contributed by atoms with Gasteiger partial charge in [0.25, 0.3) is 0 Å². The summed E-state index contributed by atoms with van der Waals surface area (Å²) in [5.41, 5.74) is 1.77. The third-order valence-corrected chi connectivity index (χ3v) is 2.61. The summed E-state index contributed by atoms with van der Waals surface area (Å²) >= 11 is 0. The summed E-state index contributed by atoms with van der Waals surface area (Å²) in [6.07, 6.45) is 0.501. The first-order chi connectivity index (χ1) is 6.59. The van der Waals surface area contributed by atoms with E-state index in [4.69, 9.17) is 5.11 Å². The maximum absolute atomic E-state index is 10.9. The molecule has 0 aromatic heterocycles. The zero-order chi connectivity index (χ0) is 10.3. The fraction of sp³-hybridized carbons (Fsp3) is 0.300. The zero-order valence-corrected chi connectivity index (χ0v) is 7.77. The Labute approximate surface area is 81.4 Å². The summed E-state index contributed by atoms with van der Waals surface area (Å²) in [5, 5.41) is 18.2. The molecule has 74 valence electrons. The van der Waals surface area contributed by atoms with Gasteiger partial charge >= 0.3 is 5.97 Å². The minimum Gasteiger partial charge on any atom is -0.508 e. The van der Waals surface area contributed by atoms with E-state index in [2.05, 4.69) is 0 Å². The number of fused-ring (bicyclic) bond motifs is 1. The molecule has 2 rings (SSSR count). The molecular formula is C10H11NO3. The van der Waals surface area contributed by atoms with E-state index in [0.29, 0.717) is 6.42 Å². The number of carboxylic acid groups (broad SMARTS) is 1. The van der Waals surface area contributed by atoms with Crippen LogP contribution < -0.4 is 4.90 Å². The fourth-order valence-electron chi connectivity index (χ4n) is 1.82. The first kappa shape index (κ1) is 8.87. The Morgan fingerprint density at radius 2 is 2.29 bits per heavy atom. The second-order valence-electron chi connectivity index (χ2n) is 3.48. The summed E-state index contributed by atoms with van der Waals surface area (Å²) in [6.45, 7) is 0. The van der Waals surface area contributed by atoms with Crippen molar-refractivity contribution in [2.75, 3.05) is 11.9 Å². The van der Waals surface area contributed by atoms with Gasteiger partial charge < -0.3 is 15.1 Å². The lowest BCUT2D eigenvalue weighted by atomic mass is 10.1. The van der Waals surface area contributed by atoms with E-state index >= 15 is 0 Å². The SMILES string of the molecule is CN1c2cc(O)ccc2CC1C(=O)O. The second kappa shape index (κ2) is 2.90. The summed E-state index contributed by atoms with van der Waals surface area (Å²) in [4.78, 5) is 12.5. The molecule has 1 atom stereocenters. The van der Waals surface area contributed by atoms with E-state index in [0.717, 1.165) is 11.3 Å². The number of hydrogen-bond acceptors (Lipinski definition) is 3. The zero-order valence-electron chi connectivity index (χ0n) is 7.77. The molecule has 1 aromatic carbocycles. The summed E-state index contributed by atoms with van der Waals surface area (Å²) in [6, 6.07) is 4.44. The predicted octanol–water partition coefficient (Wildman–Crippen LogP) is 0.838. The highest BCUT2D eigenvalue weighted by molar-refractivity contribution is 5.82. The van der Waals surface area contributed by atoms with Crippen molar-refractivity contribution in [3.8, 4) is 5.75 Å². The van der Waals surface area contributed by atoms with E-state index in [1.165, 1.54) is 0 Å². The number of aliphatic carboxylic acids is 1. The van der Waals surface area contributed by atoms with Gasteiger partial charge in [0.15, 0.2) is 0 Å². The lowest BCUT2D eigenvalue weighted by Crippen LogP contribution is -2.35. The summed E-state index contributed by atoms with van der Waals surface area (Å²) in [7, 11) is 1.73. The van der Waals surface area contributed by atoms with Crippen molar-refractivity contribution in [2.24, 2.45) is 0 Å². The number of aromatic hydroxyl groups is 1. The van der Waals surface area contributed by atoms with Crippen LogP contribution in [0.25, 0.3) is 0 Å². The number of carboxylic acids is 1. The van der Waals surface area contributed by atoms with Gasteiger partial charge in [-0.2, -0.15) is 0 Å². The molecule has 0 aliphatic carbocycles. The Hall–Kier alpha value is -1.71. The van der Waals surface area contributed by atoms with Gasteiger partial charge in [-0.3, -0.25) is 0 Å². The van der Waals surface area contributed by atoms with Crippen LogP contribution in [0.2, 0.25) is 0 Å². The van der Waals surface area contributed by atoms with Crippen molar-refractivity contribution in [3.05, 3.63) is 23.8 Å². The molecule has 14 heavy (non-hydrogen) atoms. The average molecular weight is 193 g/mol. The Bertz CT molecular complexity index is 389. The number of anilines is 1. The Morgan fingerprint density at radius 1 is 1.57 bits per heavy atom. The molecule has 4 heteroatoms. The number of carbonyl (C=O) groups is 1. The van der Waals surface area contributed by atoms with Crippen LogP contribution in [-0.4, -0.2) is 29.3 Å². The number of nitrogens with zero attached hydrogens (tertiary/aromatic N) is 1. The molecule has 0 radical (unpaired) electrons. The molecular weight excluding hydrogens is 182 g/mol. The third-order valence-electron chi connectivity index (χ3n) is 2.61. The van der Waals surface area contributed by atoms with Crippen LogP contribution in [0, 0.1) is 0 Å². The third kappa shape index (κ3) is 1.19. The van der Waals surface area contributed by atoms with E-state index < -0.39 is 12.0 Å². The topological polar surface area (TPSA) is 60.8 Å². The maximum Gasteiger partial charge on any atom is 0.326 e. The van der Waals surface area contributed by atoms with Gasteiger partial charge in [0.05, 0.1) is 0 Å². The van der Waals surface area contributed by atoms with Crippen molar-refractivity contribution >= 4 is 11.7 Å². The second-order valence-corrected chi connectivity index (χ2v) is 3.48. The van der Waals surface area contributed by atoms with E-state index in [9.17, 15) is 9.90 Å². The highest BCUT2D eigenvalue weighted by atomic mass is 16.4. The number of phenolic OH excluding ortho intramolecular Hbond substituents is 1. The number of benzene rings is 1. The minimum atomic E-state index is -0.830. The maximum atomic E-state index is 10.9. The van der Waals surface area contributed by atoms with Crippen LogP contribution in [-0.2, 0) is 11.2 Å². The number of hydrogen-bond donors (Lipinski definition) is 2. The van der Waals surface area contributed by atoms with Gasteiger partial charge in [-0.1, -0.05) is 6.07 Å². The predicted molar refractivity (Wildman–Crippen MR) is 51.6 cm³/mol. The van der Waals surface area contributed by atoms with Gasteiger partial charge in [-0.15, -0.1) is 0 Å². The van der Waals surface area contributed by atoms with Crippen LogP contribution in [0.5, 0.6) is 5.75 Å². The van der Waals surface area contributed by atoms with Gasteiger partial charge in [-0.25, -0.2) is 4.79 Å². The van der Waals surface area contributed by atoms with Gasteiger partial charge in [0.2, 0.25) is 0 Å². The van der Waals surface area contributed by atoms with Crippen molar-refractivity contribution in [1.82, 2.24) is 0 Å². The van der Waals surface area contributed by atoms with Gasteiger partial charge in [0, 0.05) is 25.2 Å². The van der Waals surface area contributed by atoms with Crippen LogP contribution in [0.15, 0.2) is 18.2 Å². The molecule has 1 aliphatic heterocycles. The monoisotopic (exact) mass is 193 g/mol. The van der Waals surface area contributed by atoms with Crippen LogP contribution >= 0.6 is 0 Å². The van der Waals surface area contributed by atoms with Gasteiger partial charge in [-0.05, 0) is 11.6 Å². The molecule has 1 unspecified atom stereocenters. The molecule has 0 saturated carbocycles. The number of phenols is 1. The fourth-order valence-corrected chi connectivity index (χ4v) is 1.82. The number of likely N-dealkylation sites (N-methyl/N-ethyl adjacent to an activating group) is 1. The molecule has 1 aliphatic rings. The minimum absolute atomic E-state index is 0.168.